The zero-order chi connectivity index (χ0) is 17.5. The van der Waals surface area contributed by atoms with Crippen molar-refractivity contribution in [1.82, 2.24) is 10.3 Å². The van der Waals surface area contributed by atoms with Gasteiger partial charge in [-0.25, -0.2) is 0 Å². The third-order valence-electron chi connectivity index (χ3n) is 4.06. The lowest BCUT2D eigenvalue weighted by molar-refractivity contribution is -0.123. The SMILES string of the molecule is O=C(CC1CCCO1)NCc1ccc(NC(=O)c2cccnc2)cc1. The van der Waals surface area contributed by atoms with Crippen molar-refractivity contribution < 1.29 is 14.3 Å². The molecule has 2 heterocycles. The first-order valence-electron chi connectivity index (χ1n) is 8.39. The number of pyridine rings is 1. The van der Waals surface area contributed by atoms with Gasteiger partial charge in [0.05, 0.1) is 18.1 Å². The van der Waals surface area contributed by atoms with E-state index in [2.05, 4.69) is 15.6 Å². The largest absolute Gasteiger partial charge is 0.378 e. The van der Waals surface area contributed by atoms with Crippen molar-refractivity contribution in [2.24, 2.45) is 0 Å². The van der Waals surface area contributed by atoms with E-state index in [-0.39, 0.29) is 17.9 Å². The van der Waals surface area contributed by atoms with Gasteiger partial charge in [-0.05, 0) is 42.7 Å². The van der Waals surface area contributed by atoms with Gasteiger partial charge in [-0.3, -0.25) is 14.6 Å². The van der Waals surface area contributed by atoms with E-state index < -0.39 is 0 Å². The number of ether oxygens (including phenoxy) is 1. The van der Waals surface area contributed by atoms with Gasteiger partial charge < -0.3 is 15.4 Å². The third kappa shape index (κ3) is 5.12. The van der Waals surface area contributed by atoms with E-state index in [1.807, 2.05) is 24.3 Å². The molecule has 6 heteroatoms. The van der Waals surface area contributed by atoms with Crippen LogP contribution in [0, 0.1) is 0 Å². The minimum atomic E-state index is -0.203. The molecule has 0 saturated carbocycles. The Bertz CT molecular complexity index is 710. The number of carbonyl (C=O) groups is 2. The van der Waals surface area contributed by atoms with Gasteiger partial charge in [-0.1, -0.05) is 12.1 Å². The monoisotopic (exact) mass is 339 g/mol. The molecule has 0 aliphatic carbocycles. The minimum Gasteiger partial charge on any atom is -0.378 e. The van der Waals surface area contributed by atoms with Crippen molar-refractivity contribution in [2.75, 3.05) is 11.9 Å². The van der Waals surface area contributed by atoms with Crippen LogP contribution < -0.4 is 10.6 Å². The van der Waals surface area contributed by atoms with Crippen LogP contribution in [0.4, 0.5) is 5.69 Å². The maximum atomic E-state index is 12.1. The summed E-state index contributed by atoms with van der Waals surface area (Å²) in [5.41, 5.74) is 2.18. The number of nitrogens with one attached hydrogen (secondary N) is 2. The van der Waals surface area contributed by atoms with E-state index >= 15 is 0 Å². The molecule has 1 aliphatic heterocycles. The van der Waals surface area contributed by atoms with Crippen molar-refractivity contribution in [2.45, 2.75) is 31.9 Å². The Morgan fingerprint density at radius 1 is 1.20 bits per heavy atom. The van der Waals surface area contributed by atoms with Gasteiger partial charge in [0.1, 0.15) is 0 Å². The van der Waals surface area contributed by atoms with Crippen molar-refractivity contribution in [1.29, 1.82) is 0 Å². The van der Waals surface area contributed by atoms with E-state index in [4.69, 9.17) is 4.74 Å². The Kier molecular flexibility index (Phi) is 5.74. The van der Waals surface area contributed by atoms with Gasteiger partial charge in [0, 0.05) is 31.2 Å². The van der Waals surface area contributed by atoms with Gasteiger partial charge in [0.15, 0.2) is 0 Å². The molecule has 0 radical (unpaired) electrons. The maximum absolute atomic E-state index is 12.1. The highest BCUT2D eigenvalue weighted by Gasteiger charge is 2.18. The van der Waals surface area contributed by atoms with Crippen LogP contribution in [0.2, 0.25) is 0 Å². The molecule has 3 rings (SSSR count). The second-order valence-corrected chi connectivity index (χ2v) is 6.01. The Labute approximate surface area is 146 Å². The van der Waals surface area contributed by atoms with E-state index in [0.29, 0.717) is 24.2 Å². The van der Waals surface area contributed by atoms with Crippen molar-refractivity contribution in [3.05, 3.63) is 59.9 Å². The second kappa shape index (κ2) is 8.39. The number of carbonyl (C=O) groups excluding carboxylic acids is 2. The Hall–Kier alpha value is -2.73. The Balaban J connectivity index is 1.47. The molecule has 2 N–H and O–H groups in total. The number of benzene rings is 1. The summed E-state index contributed by atoms with van der Waals surface area (Å²) >= 11 is 0. The van der Waals surface area contributed by atoms with Crippen LogP contribution in [-0.4, -0.2) is 29.5 Å². The van der Waals surface area contributed by atoms with E-state index in [9.17, 15) is 9.59 Å². The molecule has 1 atom stereocenters. The fourth-order valence-corrected chi connectivity index (χ4v) is 2.69. The molecule has 1 fully saturated rings. The Morgan fingerprint density at radius 3 is 2.72 bits per heavy atom. The summed E-state index contributed by atoms with van der Waals surface area (Å²) in [6.07, 6.45) is 5.61. The fourth-order valence-electron chi connectivity index (χ4n) is 2.69. The third-order valence-corrected chi connectivity index (χ3v) is 4.06. The number of aromatic nitrogens is 1. The van der Waals surface area contributed by atoms with E-state index in [0.717, 1.165) is 25.0 Å². The summed E-state index contributed by atoms with van der Waals surface area (Å²) in [5.74, 6) is -0.202. The summed E-state index contributed by atoms with van der Waals surface area (Å²) in [5, 5.41) is 5.71. The van der Waals surface area contributed by atoms with Crippen LogP contribution in [0.25, 0.3) is 0 Å². The second-order valence-electron chi connectivity index (χ2n) is 6.01. The summed E-state index contributed by atoms with van der Waals surface area (Å²) < 4.78 is 5.46. The maximum Gasteiger partial charge on any atom is 0.257 e. The molecule has 130 valence electrons. The van der Waals surface area contributed by atoms with Gasteiger partial charge >= 0.3 is 0 Å². The predicted octanol–water partition coefficient (Wildman–Crippen LogP) is 2.52. The molecule has 25 heavy (non-hydrogen) atoms. The number of nitrogens with zero attached hydrogens (tertiary/aromatic N) is 1. The molecule has 0 bridgehead atoms. The summed E-state index contributed by atoms with van der Waals surface area (Å²) in [7, 11) is 0. The Morgan fingerprint density at radius 2 is 2.04 bits per heavy atom. The zero-order valence-electron chi connectivity index (χ0n) is 13.9. The number of hydrogen-bond acceptors (Lipinski definition) is 4. The molecule has 1 aromatic carbocycles. The molecule has 6 nitrogen and oxygen atoms in total. The molecule has 1 aromatic heterocycles. The lowest BCUT2D eigenvalue weighted by atomic mass is 10.1. The van der Waals surface area contributed by atoms with Crippen LogP contribution in [-0.2, 0) is 16.1 Å². The quantitative estimate of drug-likeness (QED) is 0.847. The van der Waals surface area contributed by atoms with Crippen molar-refractivity contribution in [3.8, 4) is 0 Å². The predicted molar refractivity (Wildman–Crippen MR) is 94.1 cm³/mol. The smallest absolute Gasteiger partial charge is 0.257 e. The molecular formula is C19H21N3O3. The van der Waals surface area contributed by atoms with Crippen molar-refractivity contribution >= 4 is 17.5 Å². The van der Waals surface area contributed by atoms with Crippen LogP contribution in [0.1, 0.15) is 35.2 Å². The highest BCUT2D eigenvalue weighted by molar-refractivity contribution is 6.03. The number of hydrogen-bond donors (Lipinski definition) is 2. The van der Waals surface area contributed by atoms with Crippen LogP contribution in [0.15, 0.2) is 48.8 Å². The van der Waals surface area contributed by atoms with Gasteiger partial charge in [-0.2, -0.15) is 0 Å². The molecule has 2 amide bonds. The van der Waals surface area contributed by atoms with Crippen LogP contribution in [0.3, 0.4) is 0 Å². The molecule has 1 unspecified atom stereocenters. The fraction of sp³-hybridized carbons (Fsp3) is 0.316. The highest BCUT2D eigenvalue weighted by atomic mass is 16.5. The average molecular weight is 339 g/mol. The lowest BCUT2D eigenvalue weighted by Crippen LogP contribution is -2.26. The van der Waals surface area contributed by atoms with Crippen molar-refractivity contribution in [3.63, 3.8) is 0 Å². The molecule has 1 saturated heterocycles. The van der Waals surface area contributed by atoms with Crippen LogP contribution >= 0.6 is 0 Å². The van der Waals surface area contributed by atoms with Gasteiger partial charge in [0.2, 0.25) is 5.91 Å². The normalized spacial score (nSPS) is 16.4. The van der Waals surface area contributed by atoms with Crippen LogP contribution in [0.5, 0.6) is 0 Å². The lowest BCUT2D eigenvalue weighted by Gasteiger charge is -2.10. The summed E-state index contributed by atoms with van der Waals surface area (Å²) in [6, 6.07) is 10.8. The minimum absolute atomic E-state index is 0.000793. The first-order chi connectivity index (χ1) is 12.2. The number of amides is 2. The highest BCUT2D eigenvalue weighted by Crippen LogP contribution is 2.15. The topological polar surface area (TPSA) is 80.3 Å². The molecular weight excluding hydrogens is 318 g/mol. The van der Waals surface area contributed by atoms with E-state index in [1.54, 1.807) is 18.3 Å². The average Bonchev–Trinajstić information content (AvgIpc) is 3.15. The van der Waals surface area contributed by atoms with E-state index in [1.165, 1.54) is 6.20 Å². The summed E-state index contributed by atoms with van der Waals surface area (Å²) in [4.78, 5) is 27.9. The molecule has 0 spiro atoms. The standard InChI is InChI=1S/C19H21N3O3/c23-18(11-17-4-2-10-25-17)21-12-14-5-7-16(8-6-14)22-19(24)15-3-1-9-20-13-15/h1,3,5-9,13,17H,2,4,10-12H2,(H,21,23)(H,22,24). The van der Waals surface area contributed by atoms with Gasteiger partial charge in [-0.15, -0.1) is 0 Å². The van der Waals surface area contributed by atoms with Gasteiger partial charge in [0.25, 0.3) is 5.91 Å². The first-order valence-corrected chi connectivity index (χ1v) is 8.39. The summed E-state index contributed by atoms with van der Waals surface area (Å²) in [6.45, 7) is 1.21. The molecule has 1 aliphatic rings. The first kappa shape index (κ1) is 17.1. The molecule has 2 aromatic rings. The number of rotatable bonds is 6. The zero-order valence-corrected chi connectivity index (χ0v) is 13.9. The number of anilines is 1.